The molecule has 2 saturated heterocycles. The lowest BCUT2D eigenvalue weighted by Crippen LogP contribution is -2.50. The van der Waals surface area contributed by atoms with Crippen LogP contribution in [0.1, 0.15) is 57.8 Å². The van der Waals surface area contributed by atoms with E-state index < -0.39 is 0 Å². The Balaban J connectivity index is 1.32. The quantitative estimate of drug-likeness (QED) is 0.763. The Morgan fingerprint density at radius 2 is 2.04 bits per heavy atom. The molecule has 0 aromatic carbocycles. The fourth-order valence-corrected chi connectivity index (χ4v) is 4.82. The molecule has 4 rings (SSSR count). The highest BCUT2D eigenvalue weighted by atomic mass is 16.5. The maximum atomic E-state index is 12.8. The lowest BCUT2D eigenvalue weighted by Gasteiger charge is -2.49. The van der Waals surface area contributed by atoms with Gasteiger partial charge in [0, 0.05) is 37.8 Å². The normalized spacial score (nSPS) is 29.5. The summed E-state index contributed by atoms with van der Waals surface area (Å²) < 4.78 is 11.8. The summed E-state index contributed by atoms with van der Waals surface area (Å²) in [6.07, 6.45) is 12.7. The predicted octanol–water partition coefficient (Wildman–Crippen LogP) is 3.56. The number of hydrogen-bond donors (Lipinski definition) is 0. The average molecular weight is 347 g/mol. The Kier molecular flexibility index (Phi) is 5.47. The van der Waals surface area contributed by atoms with Crippen molar-refractivity contribution < 1.29 is 14.3 Å². The number of amides is 1. The summed E-state index contributed by atoms with van der Waals surface area (Å²) in [4.78, 5) is 14.9. The van der Waals surface area contributed by atoms with Gasteiger partial charge in [-0.15, -0.1) is 0 Å². The summed E-state index contributed by atoms with van der Waals surface area (Å²) in [6, 6.07) is 0. The number of carbonyl (C=O) groups is 1. The van der Waals surface area contributed by atoms with Crippen LogP contribution in [-0.4, -0.2) is 50.3 Å². The topological polar surface area (TPSA) is 38.8 Å². The molecule has 140 valence electrons. The fraction of sp³-hybridized carbons (Fsp3) is 0.857. The average Bonchev–Trinajstić information content (AvgIpc) is 3.49. The maximum Gasteiger partial charge on any atom is 0.249 e. The molecule has 4 aliphatic rings. The minimum atomic E-state index is 0.308. The first-order chi connectivity index (χ1) is 12.3. The van der Waals surface area contributed by atoms with Crippen LogP contribution in [-0.2, 0) is 14.3 Å². The van der Waals surface area contributed by atoms with Crippen LogP contribution in [0.4, 0.5) is 0 Å². The summed E-state index contributed by atoms with van der Waals surface area (Å²) in [5.41, 5.74) is 1.40. The number of carbonyl (C=O) groups excluding carboxylic acids is 1. The van der Waals surface area contributed by atoms with Gasteiger partial charge in [0.05, 0.1) is 13.2 Å². The highest BCUT2D eigenvalue weighted by Gasteiger charge is 2.44. The number of piperidine rings is 1. The molecular weight excluding hydrogens is 314 g/mol. The molecule has 25 heavy (non-hydrogen) atoms. The maximum absolute atomic E-state index is 12.8. The second-order valence-corrected chi connectivity index (χ2v) is 8.63. The molecule has 0 aromatic rings. The van der Waals surface area contributed by atoms with Gasteiger partial charge in [-0.25, -0.2) is 0 Å². The first kappa shape index (κ1) is 17.5. The van der Waals surface area contributed by atoms with E-state index in [9.17, 15) is 4.79 Å². The van der Waals surface area contributed by atoms with Crippen molar-refractivity contribution in [1.82, 2.24) is 4.90 Å². The Bertz CT molecular complexity index is 503. The van der Waals surface area contributed by atoms with Gasteiger partial charge in [-0.1, -0.05) is 6.08 Å². The van der Waals surface area contributed by atoms with Crippen molar-refractivity contribution >= 4 is 5.91 Å². The Morgan fingerprint density at radius 1 is 1.20 bits per heavy atom. The zero-order valence-corrected chi connectivity index (χ0v) is 15.5. The zero-order valence-electron chi connectivity index (χ0n) is 15.5. The van der Waals surface area contributed by atoms with Crippen molar-refractivity contribution in [3.8, 4) is 0 Å². The SMILES string of the molecule is O=C(C1=CCCCC1)N1CCC2(CCOCC2COCC2CC2)CC1. The Morgan fingerprint density at radius 3 is 2.76 bits per heavy atom. The Labute approximate surface area is 151 Å². The molecule has 0 aromatic heterocycles. The van der Waals surface area contributed by atoms with Gasteiger partial charge in [-0.05, 0) is 69.1 Å². The molecule has 4 nitrogen and oxygen atoms in total. The van der Waals surface area contributed by atoms with Crippen molar-refractivity contribution in [3.63, 3.8) is 0 Å². The first-order valence-corrected chi connectivity index (χ1v) is 10.4. The number of nitrogens with zero attached hydrogens (tertiary/aromatic N) is 1. The molecule has 4 heteroatoms. The molecule has 2 aliphatic carbocycles. The Hall–Kier alpha value is -0.870. The van der Waals surface area contributed by atoms with Crippen LogP contribution >= 0.6 is 0 Å². The molecule has 1 amide bonds. The van der Waals surface area contributed by atoms with E-state index in [-0.39, 0.29) is 0 Å². The first-order valence-electron chi connectivity index (χ1n) is 10.4. The van der Waals surface area contributed by atoms with Crippen LogP contribution in [0.15, 0.2) is 11.6 Å². The van der Waals surface area contributed by atoms with E-state index in [0.717, 1.165) is 83.1 Å². The van der Waals surface area contributed by atoms with Crippen LogP contribution < -0.4 is 0 Å². The van der Waals surface area contributed by atoms with Gasteiger partial charge in [0.1, 0.15) is 0 Å². The minimum absolute atomic E-state index is 0.308. The van der Waals surface area contributed by atoms with Gasteiger partial charge < -0.3 is 14.4 Å². The molecule has 2 aliphatic heterocycles. The molecule has 2 heterocycles. The molecule has 3 fully saturated rings. The molecule has 1 unspecified atom stereocenters. The van der Waals surface area contributed by atoms with Gasteiger partial charge in [0.25, 0.3) is 0 Å². The van der Waals surface area contributed by atoms with E-state index in [2.05, 4.69) is 11.0 Å². The van der Waals surface area contributed by atoms with Crippen molar-refractivity contribution in [1.29, 1.82) is 0 Å². The number of hydrogen-bond acceptors (Lipinski definition) is 3. The van der Waals surface area contributed by atoms with Crippen molar-refractivity contribution in [2.75, 3.05) is 39.5 Å². The highest BCUT2D eigenvalue weighted by Crippen LogP contribution is 2.45. The molecular formula is C21H33NO3. The van der Waals surface area contributed by atoms with E-state index in [1.807, 2.05) is 0 Å². The number of likely N-dealkylation sites (tertiary alicyclic amines) is 1. The van der Waals surface area contributed by atoms with Crippen LogP contribution in [0.5, 0.6) is 0 Å². The lowest BCUT2D eigenvalue weighted by molar-refractivity contribution is -0.135. The molecule has 1 atom stereocenters. The van der Waals surface area contributed by atoms with Gasteiger partial charge >= 0.3 is 0 Å². The zero-order chi connectivity index (χ0) is 17.1. The summed E-state index contributed by atoms with van der Waals surface area (Å²) in [7, 11) is 0. The van der Waals surface area contributed by atoms with Gasteiger partial charge in [0.15, 0.2) is 0 Å². The van der Waals surface area contributed by atoms with Crippen LogP contribution in [0, 0.1) is 17.3 Å². The molecule has 1 spiro atoms. The third-order valence-corrected chi connectivity index (χ3v) is 6.91. The van der Waals surface area contributed by atoms with E-state index >= 15 is 0 Å². The predicted molar refractivity (Wildman–Crippen MR) is 97.3 cm³/mol. The summed E-state index contributed by atoms with van der Waals surface area (Å²) >= 11 is 0. The van der Waals surface area contributed by atoms with Crippen LogP contribution in [0.2, 0.25) is 0 Å². The summed E-state index contributed by atoms with van der Waals surface area (Å²) in [6.45, 7) is 5.31. The number of rotatable bonds is 5. The second-order valence-electron chi connectivity index (χ2n) is 8.63. The largest absolute Gasteiger partial charge is 0.381 e. The molecule has 0 N–H and O–H groups in total. The van der Waals surface area contributed by atoms with Crippen molar-refractivity contribution in [2.24, 2.45) is 17.3 Å². The standard InChI is InChI=1S/C21H33NO3/c23-20(18-4-2-1-3-5-18)22-11-8-21(9-12-22)10-13-24-15-19(21)16-25-14-17-6-7-17/h4,17,19H,1-3,5-16H2. The number of ether oxygens (including phenoxy) is 2. The summed E-state index contributed by atoms with van der Waals surface area (Å²) in [5.74, 6) is 1.64. The number of allylic oxidation sites excluding steroid dienone is 1. The summed E-state index contributed by atoms with van der Waals surface area (Å²) in [5, 5.41) is 0. The second kappa shape index (κ2) is 7.79. The van der Waals surface area contributed by atoms with E-state index in [1.54, 1.807) is 0 Å². The molecule has 1 saturated carbocycles. The van der Waals surface area contributed by atoms with Crippen LogP contribution in [0.25, 0.3) is 0 Å². The van der Waals surface area contributed by atoms with Gasteiger partial charge in [0.2, 0.25) is 5.91 Å². The van der Waals surface area contributed by atoms with Crippen molar-refractivity contribution in [3.05, 3.63) is 11.6 Å². The monoisotopic (exact) mass is 347 g/mol. The molecule has 0 radical (unpaired) electrons. The van der Waals surface area contributed by atoms with Gasteiger partial charge in [-0.2, -0.15) is 0 Å². The van der Waals surface area contributed by atoms with Crippen LogP contribution in [0.3, 0.4) is 0 Å². The van der Waals surface area contributed by atoms with Gasteiger partial charge in [-0.3, -0.25) is 4.79 Å². The minimum Gasteiger partial charge on any atom is -0.381 e. The van der Waals surface area contributed by atoms with Crippen molar-refractivity contribution in [2.45, 2.75) is 57.8 Å². The fourth-order valence-electron chi connectivity index (χ4n) is 4.82. The van der Waals surface area contributed by atoms with E-state index in [0.29, 0.717) is 17.2 Å². The highest BCUT2D eigenvalue weighted by molar-refractivity contribution is 5.93. The third-order valence-electron chi connectivity index (χ3n) is 6.91. The third kappa shape index (κ3) is 4.11. The molecule has 0 bridgehead atoms. The van der Waals surface area contributed by atoms with E-state index in [1.165, 1.54) is 25.7 Å². The lowest BCUT2D eigenvalue weighted by atomic mass is 9.66. The smallest absolute Gasteiger partial charge is 0.249 e. The van der Waals surface area contributed by atoms with E-state index in [4.69, 9.17) is 9.47 Å².